The molecule has 5 N–H and O–H groups in total. The molecule has 0 spiro atoms. The average molecular weight is 265 g/mol. The Hall–Kier alpha value is -2.24. The molecule has 1 aromatic carbocycles. The fourth-order valence-electron chi connectivity index (χ4n) is 1.62. The summed E-state index contributed by atoms with van der Waals surface area (Å²) in [6.45, 7) is 3.79. The van der Waals surface area contributed by atoms with Crippen molar-refractivity contribution in [1.82, 2.24) is 5.32 Å². The number of hydrogen-bond donors (Lipinski definition) is 4. The van der Waals surface area contributed by atoms with E-state index >= 15 is 0 Å². The number of rotatable bonds is 5. The van der Waals surface area contributed by atoms with Crippen LogP contribution in [0.3, 0.4) is 0 Å². The summed E-state index contributed by atoms with van der Waals surface area (Å²) >= 11 is 0. The maximum absolute atomic E-state index is 11.7. The largest absolute Gasteiger partial charge is 0.480 e. The van der Waals surface area contributed by atoms with Crippen molar-refractivity contribution in [3.63, 3.8) is 0 Å². The smallest absolute Gasteiger partial charge is 0.326 e. The molecule has 0 saturated carbocycles. The molecule has 0 aliphatic carbocycles. The number of aliphatic carboxylic acids is 1. The van der Waals surface area contributed by atoms with Crippen LogP contribution in [-0.2, 0) is 4.79 Å². The van der Waals surface area contributed by atoms with Crippen molar-refractivity contribution in [2.45, 2.75) is 26.3 Å². The van der Waals surface area contributed by atoms with Crippen LogP contribution in [0.2, 0.25) is 0 Å². The highest BCUT2D eigenvalue weighted by Crippen LogP contribution is 2.16. The molecule has 6 nitrogen and oxygen atoms in total. The van der Waals surface area contributed by atoms with Gasteiger partial charge in [0, 0.05) is 0 Å². The summed E-state index contributed by atoms with van der Waals surface area (Å²) < 4.78 is 0. The molecule has 0 heterocycles. The van der Waals surface area contributed by atoms with Crippen molar-refractivity contribution in [2.75, 3.05) is 11.1 Å². The van der Waals surface area contributed by atoms with E-state index in [1.54, 1.807) is 24.3 Å². The van der Waals surface area contributed by atoms with Gasteiger partial charge in [-0.3, -0.25) is 0 Å². The number of benzene rings is 1. The molecule has 0 radical (unpaired) electrons. The van der Waals surface area contributed by atoms with Gasteiger partial charge < -0.3 is 21.5 Å². The topological polar surface area (TPSA) is 104 Å². The Morgan fingerprint density at radius 1 is 1.32 bits per heavy atom. The zero-order valence-electron chi connectivity index (χ0n) is 11.0. The minimum absolute atomic E-state index is 0.170. The molecular formula is C13H19N3O3. The predicted molar refractivity (Wildman–Crippen MR) is 73.9 cm³/mol. The zero-order valence-corrected chi connectivity index (χ0v) is 11.0. The van der Waals surface area contributed by atoms with Crippen LogP contribution in [-0.4, -0.2) is 23.1 Å². The number of nitrogens with two attached hydrogens (primary N) is 1. The lowest BCUT2D eigenvalue weighted by molar-refractivity contribution is -0.139. The Balaban J connectivity index is 2.63. The monoisotopic (exact) mass is 265 g/mol. The van der Waals surface area contributed by atoms with Crippen molar-refractivity contribution in [3.8, 4) is 0 Å². The quantitative estimate of drug-likeness (QED) is 0.610. The molecule has 1 unspecified atom stereocenters. The number of carboxylic acid groups (broad SMARTS) is 1. The van der Waals surface area contributed by atoms with E-state index in [-0.39, 0.29) is 5.92 Å². The minimum Gasteiger partial charge on any atom is -0.480 e. The summed E-state index contributed by atoms with van der Waals surface area (Å²) in [6.07, 6.45) is 0.368. The number of carbonyl (C=O) groups is 2. The van der Waals surface area contributed by atoms with Crippen LogP contribution in [0, 0.1) is 5.92 Å². The van der Waals surface area contributed by atoms with Crippen molar-refractivity contribution in [3.05, 3.63) is 24.3 Å². The summed E-state index contributed by atoms with van der Waals surface area (Å²) in [4.78, 5) is 22.7. The number of urea groups is 1. The Kier molecular flexibility index (Phi) is 5.17. The van der Waals surface area contributed by atoms with Gasteiger partial charge in [0.2, 0.25) is 0 Å². The van der Waals surface area contributed by atoms with Crippen LogP contribution in [0.5, 0.6) is 0 Å². The van der Waals surface area contributed by atoms with Gasteiger partial charge in [-0.15, -0.1) is 0 Å². The summed E-state index contributed by atoms with van der Waals surface area (Å²) in [5, 5.41) is 14.0. The minimum atomic E-state index is -1.05. The molecule has 0 aliphatic rings. The molecule has 1 aromatic rings. The lowest BCUT2D eigenvalue weighted by Gasteiger charge is -2.17. The molecule has 0 aliphatic heterocycles. The van der Waals surface area contributed by atoms with Gasteiger partial charge in [0.15, 0.2) is 0 Å². The number of carboxylic acids is 1. The van der Waals surface area contributed by atoms with Gasteiger partial charge in [-0.1, -0.05) is 26.0 Å². The number of nitrogen functional groups attached to an aromatic ring is 1. The summed E-state index contributed by atoms with van der Waals surface area (Å²) in [5.41, 5.74) is 6.56. The van der Waals surface area contributed by atoms with E-state index in [9.17, 15) is 9.59 Å². The van der Waals surface area contributed by atoms with E-state index < -0.39 is 18.0 Å². The second-order valence-electron chi connectivity index (χ2n) is 4.71. The van der Waals surface area contributed by atoms with E-state index in [2.05, 4.69) is 10.6 Å². The molecule has 0 aromatic heterocycles. The van der Waals surface area contributed by atoms with Crippen LogP contribution in [0.1, 0.15) is 20.3 Å². The highest BCUT2D eigenvalue weighted by atomic mass is 16.4. The Morgan fingerprint density at radius 2 is 1.95 bits per heavy atom. The van der Waals surface area contributed by atoms with Crippen molar-refractivity contribution < 1.29 is 14.7 Å². The molecule has 6 heteroatoms. The lowest BCUT2D eigenvalue weighted by Crippen LogP contribution is -2.43. The fourth-order valence-corrected chi connectivity index (χ4v) is 1.62. The SMILES string of the molecule is CC(C)CC(NC(=O)Nc1ccccc1N)C(=O)O. The average Bonchev–Trinajstić information content (AvgIpc) is 2.30. The predicted octanol–water partition coefficient (Wildman–Crippen LogP) is 1.89. The highest BCUT2D eigenvalue weighted by molar-refractivity contribution is 5.94. The van der Waals surface area contributed by atoms with Crippen molar-refractivity contribution in [1.29, 1.82) is 0 Å². The van der Waals surface area contributed by atoms with E-state index in [0.717, 1.165) is 0 Å². The Bertz CT molecular complexity index is 460. The van der Waals surface area contributed by atoms with Crippen molar-refractivity contribution >= 4 is 23.4 Å². The first-order valence-corrected chi connectivity index (χ1v) is 6.05. The third-order valence-electron chi connectivity index (χ3n) is 2.52. The van der Waals surface area contributed by atoms with E-state index in [1.807, 2.05) is 13.8 Å². The molecule has 0 fully saturated rings. The first-order valence-electron chi connectivity index (χ1n) is 6.05. The van der Waals surface area contributed by atoms with Gasteiger partial charge >= 0.3 is 12.0 Å². The first kappa shape index (κ1) is 14.8. The van der Waals surface area contributed by atoms with Crippen LogP contribution in [0.15, 0.2) is 24.3 Å². The van der Waals surface area contributed by atoms with Gasteiger partial charge in [-0.05, 0) is 24.5 Å². The van der Waals surface area contributed by atoms with Gasteiger partial charge in [-0.2, -0.15) is 0 Å². The normalized spacial score (nSPS) is 11.9. The summed E-state index contributed by atoms with van der Waals surface area (Å²) in [7, 11) is 0. The molecule has 2 amide bonds. The van der Waals surface area contributed by atoms with Gasteiger partial charge in [-0.25, -0.2) is 9.59 Å². The maximum Gasteiger partial charge on any atom is 0.326 e. The van der Waals surface area contributed by atoms with Crippen LogP contribution >= 0.6 is 0 Å². The third-order valence-corrected chi connectivity index (χ3v) is 2.52. The Morgan fingerprint density at radius 3 is 2.47 bits per heavy atom. The third kappa shape index (κ3) is 4.87. The van der Waals surface area contributed by atoms with Crippen molar-refractivity contribution in [2.24, 2.45) is 5.92 Å². The first-order chi connectivity index (χ1) is 8.90. The van der Waals surface area contributed by atoms with E-state index in [1.165, 1.54) is 0 Å². The summed E-state index contributed by atoms with van der Waals surface area (Å²) in [6, 6.07) is 5.29. The van der Waals surface area contributed by atoms with Gasteiger partial charge in [0.05, 0.1) is 11.4 Å². The number of carbonyl (C=O) groups excluding carboxylic acids is 1. The fraction of sp³-hybridized carbons (Fsp3) is 0.385. The number of hydrogen-bond acceptors (Lipinski definition) is 3. The van der Waals surface area contributed by atoms with E-state index in [0.29, 0.717) is 17.8 Å². The molecule has 19 heavy (non-hydrogen) atoms. The molecule has 0 saturated heterocycles. The highest BCUT2D eigenvalue weighted by Gasteiger charge is 2.21. The van der Waals surface area contributed by atoms with Gasteiger partial charge in [0.1, 0.15) is 6.04 Å². The Labute approximate surface area is 112 Å². The molecule has 104 valence electrons. The maximum atomic E-state index is 11.7. The standard InChI is InChI=1S/C13H19N3O3/c1-8(2)7-11(12(17)18)16-13(19)15-10-6-4-3-5-9(10)14/h3-6,8,11H,7,14H2,1-2H3,(H,17,18)(H2,15,16,19). The van der Waals surface area contributed by atoms with Crippen LogP contribution < -0.4 is 16.4 Å². The summed E-state index contributed by atoms with van der Waals surface area (Å²) in [5.74, 6) is -0.881. The second kappa shape index (κ2) is 6.63. The lowest BCUT2D eigenvalue weighted by atomic mass is 10.0. The van der Waals surface area contributed by atoms with Crippen LogP contribution in [0.25, 0.3) is 0 Å². The number of para-hydroxylation sites is 2. The van der Waals surface area contributed by atoms with E-state index in [4.69, 9.17) is 10.8 Å². The zero-order chi connectivity index (χ0) is 14.4. The molecule has 1 rings (SSSR count). The molecule has 0 bridgehead atoms. The number of anilines is 2. The number of amides is 2. The molecular weight excluding hydrogens is 246 g/mol. The van der Waals surface area contributed by atoms with Crippen LogP contribution in [0.4, 0.5) is 16.2 Å². The molecule has 1 atom stereocenters. The van der Waals surface area contributed by atoms with Gasteiger partial charge in [0.25, 0.3) is 0 Å². The second-order valence-corrected chi connectivity index (χ2v) is 4.71. The number of nitrogens with one attached hydrogen (secondary N) is 2.